The molecular formula is C23H31N5O2. The minimum atomic E-state index is -0.349. The number of carbonyl (C=O) groups excluding carboxylic acids is 2. The molecule has 2 aromatic rings. The highest BCUT2D eigenvalue weighted by atomic mass is 16.2. The van der Waals surface area contributed by atoms with Crippen molar-refractivity contribution in [1.29, 1.82) is 0 Å². The van der Waals surface area contributed by atoms with E-state index in [1.54, 1.807) is 0 Å². The van der Waals surface area contributed by atoms with E-state index in [1.807, 2.05) is 11.7 Å². The summed E-state index contributed by atoms with van der Waals surface area (Å²) in [6, 6.07) is 6.49. The van der Waals surface area contributed by atoms with Gasteiger partial charge in [0.1, 0.15) is 0 Å². The lowest BCUT2D eigenvalue weighted by Crippen LogP contribution is -2.39. The molecule has 3 fully saturated rings. The van der Waals surface area contributed by atoms with Crippen molar-refractivity contribution >= 4 is 28.4 Å². The smallest absolute Gasteiger partial charge is 0.235 e. The molecule has 2 N–H and O–H groups in total. The zero-order chi connectivity index (χ0) is 20.7. The highest BCUT2D eigenvalue weighted by Gasteiger charge is 2.32. The highest BCUT2D eigenvalue weighted by Crippen LogP contribution is 2.35. The number of amides is 2. The highest BCUT2D eigenvalue weighted by molar-refractivity contribution is 6.02. The van der Waals surface area contributed by atoms with Crippen LogP contribution in [0.15, 0.2) is 18.2 Å². The van der Waals surface area contributed by atoms with E-state index >= 15 is 0 Å². The van der Waals surface area contributed by atoms with Crippen LogP contribution in [0.5, 0.6) is 0 Å². The van der Waals surface area contributed by atoms with Crippen molar-refractivity contribution in [3.63, 3.8) is 0 Å². The molecule has 7 heteroatoms. The first-order valence-corrected chi connectivity index (χ1v) is 11.4. The number of hydrogen-bond acceptors (Lipinski definition) is 5. The van der Waals surface area contributed by atoms with Crippen molar-refractivity contribution in [3.05, 3.63) is 23.9 Å². The van der Waals surface area contributed by atoms with Gasteiger partial charge in [-0.1, -0.05) is 0 Å². The molecule has 1 unspecified atom stereocenters. The van der Waals surface area contributed by atoms with Gasteiger partial charge in [0.05, 0.1) is 17.1 Å². The molecule has 7 nitrogen and oxygen atoms in total. The second-order valence-electron chi connectivity index (χ2n) is 9.13. The Morgan fingerprint density at radius 3 is 2.47 bits per heavy atom. The molecule has 2 amide bonds. The molecule has 0 saturated carbocycles. The third kappa shape index (κ3) is 3.60. The number of anilines is 1. The Morgan fingerprint density at radius 1 is 1.00 bits per heavy atom. The summed E-state index contributed by atoms with van der Waals surface area (Å²) in [6.07, 6.45) is 6.11. The van der Waals surface area contributed by atoms with Crippen LogP contribution in [-0.4, -0.2) is 47.8 Å². The van der Waals surface area contributed by atoms with Crippen molar-refractivity contribution in [2.75, 3.05) is 31.1 Å². The third-order valence-corrected chi connectivity index (χ3v) is 7.39. The number of fused-ring (bicyclic) bond motifs is 1. The number of nitrogens with one attached hydrogen (secondary N) is 2. The molecule has 1 atom stereocenters. The summed E-state index contributed by atoms with van der Waals surface area (Å²) in [5, 5.41) is 11.6. The summed E-state index contributed by atoms with van der Waals surface area (Å²) in [5.41, 5.74) is 3.07. The zero-order valence-electron chi connectivity index (χ0n) is 17.7. The second kappa shape index (κ2) is 8.02. The Morgan fingerprint density at radius 2 is 1.73 bits per heavy atom. The van der Waals surface area contributed by atoms with Crippen molar-refractivity contribution in [1.82, 2.24) is 20.4 Å². The van der Waals surface area contributed by atoms with Crippen LogP contribution < -0.4 is 15.5 Å². The fourth-order valence-corrected chi connectivity index (χ4v) is 5.63. The maximum Gasteiger partial charge on any atom is 0.235 e. The Balaban J connectivity index is 1.33. The fourth-order valence-electron chi connectivity index (χ4n) is 5.63. The van der Waals surface area contributed by atoms with Gasteiger partial charge < -0.3 is 10.2 Å². The van der Waals surface area contributed by atoms with Crippen molar-refractivity contribution in [2.45, 2.75) is 44.4 Å². The van der Waals surface area contributed by atoms with Crippen LogP contribution in [0.3, 0.4) is 0 Å². The van der Waals surface area contributed by atoms with Crippen LogP contribution in [0.25, 0.3) is 10.9 Å². The van der Waals surface area contributed by atoms with Gasteiger partial charge in [-0.2, -0.15) is 5.10 Å². The molecular weight excluding hydrogens is 378 g/mol. The van der Waals surface area contributed by atoms with Gasteiger partial charge in [-0.05, 0) is 75.2 Å². The molecule has 0 bridgehead atoms. The molecule has 0 spiro atoms. The van der Waals surface area contributed by atoms with Crippen molar-refractivity contribution in [2.24, 2.45) is 18.9 Å². The third-order valence-electron chi connectivity index (χ3n) is 7.39. The number of carbonyl (C=O) groups is 2. The van der Waals surface area contributed by atoms with E-state index in [2.05, 4.69) is 38.8 Å². The summed E-state index contributed by atoms with van der Waals surface area (Å²) in [7, 11) is 1.94. The van der Waals surface area contributed by atoms with E-state index < -0.39 is 0 Å². The van der Waals surface area contributed by atoms with E-state index in [-0.39, 0.29) is 17.7 Å². The Kier molecular flexibility index (Phi) is 5.23. The molecule has 30 heavy (non-hydrogen) atoms. The van der Waals surface area contributed by atoms with Gasteiger partial charge in [-0.25, -0.2) is 0 Å². The first-order valence-electron chi connectivity index (χ1n) is 11.4. The SMILES string of the molecule is Cn1nc(C2CCC(=O)NC2=O)c2ccc(N3CCC(C4CCNCC4)CC3)cc21. The normalized spacial score (nSPS) is 24.4. The average Bonchev–Trinajstić information content (AvgIpc) is 3.10. The molecule has 0 radical (unpaired) electrons. The van der Waals surface area contributed by atoms with Gasteiger partial charge in [0.2, 0.25) is 11.8 Å². The molecule has 160 valence electrons. The van der Waals surface area contributed by atoms with Gasteiger partial charge in [0.15, 0.2) is 0 Å². The first-order chi connectivity index (χ1) is 14.6. The molecule has 3 aliphatic heterocycles. The molecule has 3 saturated heterocycles. The van der Waals surface area contributed by atoms with Gasteiger partial charge >= 0.3 is 0 Å². The van der Waals surface area contributed by atoms with E-state index in [1.165, 1.54) is 44.5 Å². The van der Waals surface area contributed by atoms with Gasteiger partial charge in [0.25, 0.3) is 0 Å². The topological polar surface area (TPSA) is 79.3 Å². The van der Waals surface area contributed by atoms with E-state index in [4.69, 9.17) is 0 Å². The van der Waals surface area contributed by atoms with Crippen LogP contribution in [0.1, 0.15) is 50.1 Å². The fraction of sp³-hybridized carbons (Fsp3) is 0.609. The number of benzene rings is 1. The van der Waals surface area contributed by atoms with Gasteiger partial charge in [-0.3, -0.25) is 19.6 Å². The minimum Gasteiger partial charge on any atom is -0.371 e. The summed E-state index contributed by atoms with van der Waals surface area (Å²) in [4.78, 5) is 26.3. The maximum absolute atomic E-state index is 12.3. The maximum atomic E-state index is 12.3. The Bertz CT molecular complexity index is 954. The van der Waals surface area contributed by atoms with E-state index in [9.17, 15) is 9.59 Å². The van der Waals surface area contributed by atoms with Crippen molar-refractivity contribution < 1.29 is 9.59 Å². The Labute approximate surface area is 177 Å². The number of piperidine rings is 3. The number of hydrogen-bond donors (Lipinski definition) is 2. The minimum absolute atomic E-state index is 0.188. The summed E-state index contributed by atoms with van der Waals surface area (Å²) >= 11 is 0. The summed E-state index contributed by atoms with van der Waals surface area (Å²) in [5.74, 6) is 0.992. The second-order valence-corrected chi connectivity index (χ2v) is 9.13. The number of aryl methyl sites for hydroxylation is 1. The largest absolute Gasteiger partial charge is 0.371 e. The number of rotatable bonds is 3. The van der Waals surface area contributed by atoms with Crippen LogP contribution in [0.2, 0.25) is 0 Å². The predicted molar refractivity (Wildman–Crippen MR) is 116 cm³/mol. The monoisotopic (exact) mass is 409 g/mol. The summed E-state index contributed by atoms with van der Waals surface area (Å²) in [6.45, 7) is 4.57. The van der Waals surface area contributed by atoms with Crippen LogP contribution in [0.4, 0.5) is 5.69 Å². The zero-order valence-corrected chi connectivity index (χ0v) is 17.7. The number of aromatic nitrogens is 2. The first kappa shape index (κ1) is 19.5. The quantitative estimate of drug-likeness (QED) is 0.761. The molecule has 1 aromatic carbocycles. The van der Waals surface area contributed by atoms with Gasteiger partial charge in [-0.15, -0.1) is 0 Å². The molecule has 1 aromatic heterocycles. The van der Waals surface area contributed by atoms with E-state index in [0.29, 0.717) is 12.8 Å². The number of imide groups is 1. The lowest BCUT2D eigenvalue weighted by Gasteiger charge is -2.38. The molecule has 4 heterocycles. The summed E-state index contributed by atoms with van der Waals surface area (Å²) < 4.78 is 1.87. The van der Waals surface area contributed by atoms with Crippen LogP contribution in [-0.2, 0) is 16.6 Å². The van der Waals surface area contributed by atoms with Crippen LogP contribution in [0, 0.1) is 11.8 Å². The van der Waals surface area contributed by atoms with Gasteiger partial charge in [0, 0.05) is 37.6 Å². The molecule has 3 aliphatic rings. The predicted octanol–water partition coefficient (Wildman–Crippen LogP) is 2.31. The molecule has 0 aliphatic carbocycles. The van der Waals surface area contributed by atoms with E-state index in [0.717, 1.165) is 41.5 Å². The standard InChI is InChI=1S/C23H31N5O2/c1-27-20-14-17(28-12-8-16(9-13-28)15-6-10-24-11-7-15)2-3-18(20)22(26-27)19-4-5-21(29)25-23(19)30/h2-3,14-16,19,24H,4-13H2,1H3,(H,25,29,30). The lowest BCUT2D eigenvalue weighted by molar-refractivity contribution is -0.134. The Hall–Kier alpha value is -2.41. The van der Waals surface area contributed by atoms with Crippen molar-refractivity contribution in [3.8, 4) is 0 Å². The number of nitrogens with zero attached hydrogens (tertiary/aromatic N) is 3. The van der Waals surface area contributed by atoms with Crippen LogP contribution >= 0.6 is 0 Å². The average molecular weight is 410 g/mol. The molecule has 5 rings (SSSR count). The lowest BCUT2D eigenvalue weighted by atomic mass is 9.79.